The Morgan fingerprint density at radius 2 is 1.81 bits per heavy atom. The van der Waals surface area contributed by atoms with E-state index in [2.05, 4.69) is 0 Å². The summed E-state index contributed by atoms with van der Waals surface area (Å²) in [6.07, 6.45) is 5.46. The number of benzene rings is 2. The highest BCUT2D eigenvalue weighted by atomic mass is 32.2. The largest absolute Gasteiger partial charge is 0.298 e. The quantitative estimate of drug-likeness (QED) is 0.416. The van der Waals surface area contributed by atoms with Crippen molar-refractivity contribution in [3.63, 3.8) is 0 Å². The highest BCUT2D eigenvalue weighted by Crippen LogP contribution is 2.34. The maximum atomic E-state index is 12.6. The van der Waals surface area contributed by atoms with E-state index in [1.54, 1.807) is 42.5 Å². The van der Waals surface area contributed by atoms with Gasteiger partial charge in [0.05, 0.1) is 21.1 Å². The van der Waals surface area contributed by atoms with Crippen LogP contribution in [0.5, 0.6) is 0 Å². The van der Waals surface area contributed by atoms with E-state index in [9.17, 15) is 19.7 Å². The van der Waals surface area contributed by atoms with Crippen LogP contribution < -0.4 is 4.90 Å². The van der Waals surface area contributed by atoms with E-state index in [1.807, 2.05) is 19.1 Å². The summed E-state index contributed by atoms with van der Waals surface area (Å²) in [5.74, 6) is -0.401. The molecule has 6 nitrogen and oxygen atoms in total. The number of hydrogen-bond donors (Lipinski definition) is 0. The predicted octanol–water partition coefficient (Wildman–Crippen LogP) is 4.95. The highest BCUT2D eigenvalue weighted by Gasteiger charge is 2.35. The molecule has 27 heavy (non-hydrogen) atoms. The number of hydrogen-bond acceptors (Lipinski definition) is 5. The number of thioether (sulfide) groups is 1. The molecule has 0 saturated carbocycles. The Morgan fingerprint density at radius 3 is 2.48 bits per heavy atom. The molecule has 0 aromatic heterocycles. The molecule has 0 spiro atoms. The van der Waals surface area contributed by atoms with E-state index in [0.29, 0.717) is 11.3 Å². The van der Waals surface area contributed by atoms with E-state index in [-0.39, 0.29) is 15.8 Å². The molecule has 2 aromatic carbocycles. The zero-order valence-corrected chi connectivity index (χ0v) is 15.3. The van der Waals surface area contributed by atoms with Crippen LogP contribution >= 0.6 is 11.8 Å². The number of amides is 2. The maximum absolute atomic E-state index is 12.6. The van der Waals surface area contributed by atoms with Crippen molar-refractivity contribution in [3.8, 4) is 0 Å². The van der Waals surface area contributed by atoms with Crippen LogP contribution in [-0.2, 0) is 11.2 Å². The number of imide groups is 1. The third-order valence-electron chi connectivity index (χ3n) is 4.05. The summed E-state index contributed by atoms with van der Waals surface area (Å²) in [6, 6.07) is 13.6. The lowest BCUT2D eigenvalue weighted by Gasteiger charge is -2.12. The zero-order valence-electron chi connectivity index (χ0n) is 14.5. The second kappa shape index (κ2) is 8.01. The summed E-state index contributed by atoms with van der Waals surface area (Å²) in [6.45, 7) is 2.03. The molecule has 2 aromatic rings. The molecular weight excluding hydrogens is 364 g/mol. The fraction of sp³-hybridized carbons (Fsp3) is 0.100. The molecular formula is C20H16N2O4S. The lowest BCUT2D eigenvalue weighted by molar-refractivity contribution is -0.385. The minimum Gasteiger partial charge on any atom is -0.268 e. The second-order valence-corrected chi connectivity index (χ2v) is 6.73. The van der Waals surface area contributed by atoms with Gasteiger partial charge in [0.1, 0.15) is 0 Å². The molecule has 0 N–H and O–H groups in total. The molecule has 1 fully saturated rings. The van der Waals surface area contributed by atoms with Crippen LogP contribution in [0.1, 0.15) is 18.1 Å². The third kappa shape index (κ3) is 3.98. The standard InChI is InChI=1S/C20H16N2O4S/c1-2-14-10-12-16(13-11-14)21-19(23)18(27-20(21)24)9-5-7-15-6-3-4-8-17(15)22(25)26/h3-13H,2H2,1H3/b7-5+,18-9-. The molecule has 1 aliphatic rings. The zero-order chi connectivity index (χ0) is 19.4. The number of anilines is 1. The Kier molecular flexibility index (Phi) is 5.52. The Morgan fingerprint density at radius 1 is 1.11 bits per heavy atom. The number of nitrogens with zero attached hydrogens (tertiary/aromatic N) is 2. The number of nitro groups is 1. The number of nitro benzene ring substituents is 1. The van der Waals surface area contributed by atoms with Crippen molar-refractivity contribution in [1.82, 2.24) is 0 Å². The van der Waals surface area contributed by atoms with E-state index >= 15 is 0 Å². The van der Waals surface area contributed by atoms with Gasteiger partial charge in [-0.3, -0.25) is 19.7 Å². The number of carbonyl (C=O) groups excluding carboxylic acids is 2. The number of aryl methyl sites for hydroxylation is 1. The molecule has 2 amide bonds. The summed E-state index contributed by atoms with van der Waals surface area (Å²) in [5.41, 5.74) is 2.05. The van der Waals surface area contributed by atoms with Gasteiger partial charge >= 0.3 is 0 Å². The van der Waals surface area contributed by atoms with Gasteiger partial charge in [0.25, 0.3) is 16.8 Å². The number of rotatable bonds is 5. The van der Waals surface area contributed by atoms with Gasteiger partial charge in [0, 0.05) is 6.07 Å². The summed E-state index contributed by atoms with van der Waals surface area (Å²) in [4.78, 5) is 36.8. The smallest absolute Gasteiger partial charge is 0.268 e. The molecule has 0 atom stereocenters. The van der Waals surface area contributed by atoms with Crippen LogP contribution in [0.3, 0.4) is 0 Å². The predicted molar refractivity (Wildman–Crippen MR) is 107 cm³/mol. The summed E-state index contributed by atoms with van der Waals surface area (Å²) in [5, 5.41) is 10.7. The maximum Gasteiger partial charge on any atom is 0.298 e. The first kappa shape index (κ1) is 18.6. The highest BCUT2D eigenvalue weighted by molar-refractivity contribution is 8.18. The van der Waals surface area contributed by atoms with Crippen molar-refractivity contribution < 1.29 is 14.5 Å². The van der Waals surface area contributed by atoms with Crippen molar-refractivity contribution >= 4 is 40.4 Å². The van der Waals surface area contributed by atoms with E-state index < -0.39 is 10.8 Å². The van der Waals surface area contributed by atoms with Crippen molar-refractivity contribution in [2.45, 2.75) is 13.3 Å². The van der Waals surface area contributed by atoms with Gasteiger partial charge in [-0.15, -0.1) is 0 Å². The van der Waals surface area contributed by atoms with Gasteiger partial charge in [0.2, 0.25) is 0 Å². The molecule has 1 heterocycles. The van der Waals surface area contributed by atoms with E-state index in [1.165, 1.54) is 12.1 Å². The Balaban J connectivity index is 1.81. The van der Waals surface area contributed by atoms with Crippen LogP contribution in [0, 0.1) is 10.1 Å². The van der Waals surface area contributed by atoms with Crippen LogP contribution in [-0.4, -0.2) is 16.1 Å². The average molecular weight is 380 g/mol. The van der Waals surface area contributed by atoms with E-state index in [0.717, 1.165) is 28.6 Å². The van der Waals surface area contributed by atoms with Gasteiger partial charge in [-0.1, -0.05) is 37.3 Å². The number of carbonyl (C=O) groups is 2. The lowest BCUT2D eigenvalue weighted by atomic mass is 10.1. The fourth-order valence-electron chi connectivity index (χ4n) is 2.62. The normalized spacial score (nSPS) is 15.9. The van der Waals surface area contributed by atoms with Crippen LogP contribution in [0.2, 0.25) is 0 Å². The summed E-state index contributed by atoms with van der Waals surface area (Å²) < 4.78 is 0. The average Bonchev–Trinajstić information content (AvgIpc) is 2.95. The number of para-hydroxylation sites is 1. The van der Waals surface area contributed by atoms with Crippen LogP contribution in [0.25, 0.3) is 6.08 Å². The Labute approximate surface area is 160 Å². The van der Waals surface area contributed by atoms with Gasteiger partial charge < -0.3 is 0 Å². The first-order valence-electron chi connectivity index (χ1n) is 8.28. The minimum atomic E-state index is -0.465. The Hall–Kier alpha value is -3.19. The molecule has 0 unspecified atom stereocenters. The first-order chi connectivity index (χ1) is 13.0. The van der Waals surface area contributed by atoms with Crippen molar-refractivity contribution in [3.05, 3.63) is 86.8 Å². The molecule has 136 valence electrons. The summed E-state index contributed by atoms with van der Waals surface area (Å²) in [7, 11) is 0. The SMILES string of the molecule is CCc1ccc(N2C(=O)S/C(=C\C=C\c3ccccc3[N+](=O)[O-])C2=O)cc1. The minimum absolute atomic E-state index is 0.0220. The van der Waals surface area contributed by atoms with Gasteiger partial charge in [-0.05, 0) is 54.1 Å². The molecule has 0 radical (unpaired) electrons. The van der Waals surface area contributed by atoms with Crippen LogP contribution in [0.4, 0.5) is 16.2 Å². The second-order valence-electron chi connectivity index (χ2n) is 5.73. The van der Waals surface area contributed by atoms with Gasteiger partial charge in [-0.2, -0.15) is 0 Å². The van der Waals surface area contributed by atoms with E-state index in [4.69, 9.17) is 0 Å². The van der Waals surface area contributed by atoms with Crippen LogP contribution in [0.15, 0.2) is 65.6 Å². The molecule has 0 aliphatic carbocycles. The molecule has 1 saturated heterocycles. The molecule has 0 bridgehead atoms. The van der Waals surface area contributed by atoms with Crippen molar-refractivity contribution in [2.24, 2.45) is 0 Å². The third-order valence-corrected chi connectivity index (χ3v) is 4.94. The van der Waals surface area contributed by atoms with Crippen molar-refractivity contribution in [1.29, 1.82) is 0 Å². The van der Waals surface area contributed by atoms with Crippen molar-refractivity contribution in [2.75, 3.05) is 4.90 Å². The first-order valence-corrected chi connectivity index (χ1v) is 9.10. The topological polar surface area (TPSA) is 80.5 Å². The van der Waals surface area contributed by atoms with Gasteiger partial charge in [0.15, 0.2) is 0 Å². The summed E-state index contributed by atoms with van der Waals surface area (Å²) >= 11 is 0.846. The number of allylic oxidation sites excluding steroid dienone is 2. The Bertz CT molecular complexity index is 964. The lowest BCUT2D eigenvalue weighted by Crippen LogP contribution is -2.27. The monoisotopic (exact) mass is 380 g/mol. The molecule has 7 heteroatoms. The molecule has 3 rings (SSSR count). The van der Waals surface area contributed by atoms with Gasteiger partial charge in [-0.25, -0.2) is 4.90 Å². The molecule has 1 aliphatic heterocycles. The fourth-order valence-corrected chi connectivity index (χ4v) is 3.41.